The molecule has 0 saturated heterocycles. The molecule has 0 bridgehead atoms. The van der Waals surface area contributed by atoms with Crippen LogP contribution in [0.15, 0.2) is 36.4 Å². The molecule has 0 spiro atoms. The zero-order valence-electron chi connectivity index (χ0n) is 17.4. The normalized spacial score (nSPS) is 13.0. The summed E-state index contributed by atoms with van der Waals surface area (Å²) in [6, 6.07) is 8.83. The van der Waals surface area contributed by atoms with E-state index in [-0.39, 0.29) is 47.2 Å². The number of ether oxygens (including phenoxy) is 3. The van der Waals surface area contributed by atoms with E-state index in [0.29, 0.717) is 0 Å². The molecule has 0 aliphatic carbocycles. The molecule has 1 amide bonds. The van der Waals surface area contributed by atoms with E-state index in [1.54, 1.807) is 12.1 Å². The zero-order chi connectivity index (χ0) is 22.8. The smallest absolute Gasteiger partial charge is 0.341 e. The highest BCUT2D eigenvalue weighted by molar-refractivity contribution is 6.12. The van der Waals surface area contributed by atoms with Gasteiger partial charge in [-0.1, -0.05) is 6.07 Å². The highest BCUT2D eigenvalue weighted by atomic mass is 16.5. The molecule has 0 radical (unpaired) electrons. The first-order valence-electron chi connectivity index (χ1n) is 9.55. The van der Waals surface area contributed by atoms with Crippen LogP contribution in [0.3, 0.4) is 0 Å². The lowest BCUT2D eigenvalue weighted by Crippen LogP contribution is -2.35. The maximum atomic E-state index is 13.5. The SMILES string of the molecule is CC(C)(C)OCCN1C(=O)c2c(OCC(=O)O)cccc2Oc2ccc(C(=O)O)cc21. The number of carbonyl (C=O) groups is 3. The van der Waals surface area contributed by atoms with Crippen LogP contribution in [0.1, 0.15) is 41.5 Å². The Hall–Kier alpha value is -3.59. The lowest BCUT2D eigenvalue weighted by Gasteiger charge is -2.26. The van der Waals surface area contributed by atoms with Crippen molar-refractivity contribution in [1.82, 2.24) is 0 Å². The fourth-order valence-corrected chi connectivity index (χ4v) is 3.04. The Balaban J connectivity index is 2.07. The summed E-state index contributed by atoms with van der Waals surface area (Å²) in [5.74, 6) is -2.34. The fraction of sp³-hybridized carbons (Fsp3) is 0.318. The van der Waals surface area contributed by atoms with E-state index in [2.05, 4.69) is 0 Å². The van der Waals surface area contributed by atoms with E-state index in [4.69, 9.17) is 19.3 Å². The molecule has 1 aliphatic heterocycles. The summed E-state index contributed by atoms with van der Waals surface area (Å²) >= 11 is 0. The number of benzene rings is 2. The molecular weight excluding hydrogens is 406 g/mol. The van der Waals surface area contributed by atoms with Crippen molar-refractivity contribution in [2.24, 2.45) is 0 Å². The van der Waals surface area contributed by atoms with Crippen molar-refractivity contribution >= 4 is 23.5 Å². The second-order valence-corrected chi connectivity index (χ2v) is 7.82. The van der Waals surface area contributed by atoms with E-state index in [1.165, 1.54) is 29.2 Å². The van der Waals surface area contributed by atoms with E-state index in [1.807, 2.05) is 20.8 Å². The molecule has 1 heterocycles. The van der Waals surface area contributed by atoms with Gasteiger partial charge in [-0.25, -0.2) is 9.59 Å². The lowest BCUT2D eigenvalue weighted by atomic mass is 10.1. The number of carboxylic acids is 2. The predicted molar refractivity (Wildman–Crippen MR) is 110 cm³/mol. The molecular formula is C22H23NO8. The molecule has 0 unspecified atom stereocenters. The topological polar surface area (TPSA) is 123 Å². The van der Waals surface area contributed by atoms with Gasteiger partial charge in [-0.15, -0.1) is 0 Å². The first-order chi connectivity index (χ1) is 14.6. The Bertz CT molecular complexity index is 1020. The van der Waals surface area contributed by atoms with Gasteiger partial charge in [0.05, 0.1) is 23.5 Å². The fourth-order valence-electron chi connectivity index (χ4n) is 3.04. The minimum Gasteiger partial charge on any atom is -0.481 e. The van der Waals surface area contributed by atoms with E-state index in [0.717, 1.165) is 0 Å². The summed E-state index contributed by atoms with van der Waals surface area (Å²) in [6.45, 7) is 5.30. The van der Waals surface area contributed by atoms with Crippen LogP contribution in [0.5, 0.6) is 17.2 Å². The number of carbonyl (C=O) groups excluding carboxylic acids is 1. The Kier molecular flexibility index (Phi) is 6.16. The minimum absolute atomic E-state index is 0.00908. The summed E-state index contributed by atoms with van der Waals surface area (Å²) < 4.78 is 17.0. The Morgan fingerprint density at radius 2 is 1.84 bits per heavy atom. The summed E-state index contributed by atoms with van der Waals surface area (Å²) in [7, 11) is 0. The van der Waals surface area contributed by atoms with Crippen molar-refractivity contribution in [3.05, 3.63) is 47.5 Å². The number of nitrogens with zero attached hydrogens (tertiary/aromatic N) is 1. The highest BCUT2D eigenvalue weighted by Gasteiger charge is 2.32. The second-order valence-electron chi connectivity index (χ2n) is 7.82. The van der Waals surface area contributed by atoms with Gasteiger partial charge in [0.2, 0.25) is 0 Å². The molecule has 2 aromatic carbocycles. The Morgan fingerprint density at radius 1 is 1.10 bits per heavy atom. The third kappa shape index (κ3) is 5.13. The minimum atomic E-state index is -1.19. The molecule has 9 heteroatoms. The Morgan fingerprint density at radius 3 is 2.48 bits per heavy atom. The summed E-state index contributed by atoms with van der Waals surface area (Å²) in [5.41, 5.74) is -0.134. The third-order valence-corrected chi connectivity index (χ3v) is 4.36. The maximum absolute atomic E-state index is 13.5. The molecule has 0 aromatic heterocycles. The van der Waals surface area contributed by atoms with Crippen LogP contribution < -0.4 is 14.4 Å². The van der Waals surface area contributed by atoms with Gasteiger partial charge in [0.1, 0.15) is 17.1 Å². The molecule has 2 N–H and O–H groups in total. The molecule has 0 saturated carbocycles. The number of fused-ring (bicyclic) bond motifs is 2. The van der Waals surface area contributed by atoms with Gasteiger partial charge < -0.3 is 29.3 Å². The molecule has 0 atom stereocenters. The molecule has 1 aliphatic rings. The summed E-state index contributed by atoms with van der Waals surface area (Å²) in [4.78, 5) is 37.3. The van der Waals surface area contributed by atoms with E-state index >= 15 is 0 Å². The quantitative estimate of drug-likeness (QED) is 0.686. The number of hydrogen-bond donors (Lipinski definition) is 2. The molecule has 164 valence electrons. The third-order valence-electron chi connectivity index (χ3n) is 4.36. The van der Waals surface area contributed by atoms with Crippen molar-refractivity contribution in [3.8, 4) is 17.2 Å². The first kappa shape index (κ1) is 22.1. The van der Waals surface area contributed by atoms with Gasteiger partial charge in [0.25, 0.3) is 5.91 Å². The highest BCUT2D eigenvalue weighted by Crippen LogP contribution is 2.42. The van der Waals surface area contributed by atoms with Crippen LogP contribution in [0.2, 0.25) is 0 Å². The average molecular weight is 429 g/mol. The molecule has 9 nitrogen and oxygen atoms in total. The van der Waals surface area contributed by atoms with E-state index in [9.17, 15) is 19.5 Å². The number of aliphatic carboxylic acids is 1. The number of hydrogen-bond acceptors (Lipinski definition) is 6. The van der Waals surface area contributed by atoms with Gasteiger partial charge in [-0.05, 0) is 51.1 Å². The van der Waals surface area contributed by atoms with Crippen molar-refractivity contribution in [2.75, 3.05) is 24.7 Å². The summed E-state index contributed by atoms with van der Waals surface area (Å²) in [5, 5.41) is 18.3. The first-order valence-corrected chi connectivity index (χ1v) is 9.55. The van der Waals surface area contributed by atoms with Gasteiger partial charge >= 0.3 is 11.9 Å². The standard InChI is InChI=1S/C22H23NO8/c1-22(2,3)30-10-9-23-14-11-13(21(27)28)7-8-15(14)31-17-6-4-5-16(19(17)20(23)26)29-12-18(24)25/h4-8,11H,9-10,12H2,1-3H3,(H,24,25)(H,27,28). The monoisotopic (exact) mass is 429 g/mol. The van der Waals surface area contributed by atoms with Crippen molar-refractivity contribution in [2.45, 2.75) is 26.4 Å². The van der Waals surface area contributed by atoms with Crippen molar-refractivity contribution < 1.29 is 38.8 Å². The van der Waals surface area contributed by atoms with Crippen LogP contribution in [-0.2, 0) is 9.53 Å². The number of carboxylic acid groups (broad SMARTS) is 2. The zero-order valence-corrected chi connectivity index (χ0v) is 17.4. The molecule has 2 aromatic rings. The van der Waals surface area contributed by atoms with Gasteiger partial charge in [-0.3, -0.25) is 4.79 Å². The molecule has 3 rings (SSSR count). The van der Waals surface area contributed by atoms with Crippen LogP contribution in [0.25, 0.3) is 0 Å². The van der Waals surface area contributed by atoms with Gasteiger partial charge in [0, 0.05) is 6.54 Å². The number of amides is 1. The van der Waals surface area contributed by atoms with Crippen LogP contribution in [-0.4, -0.2) is 53.4 Å². The number of rotatable bonds is 7. The van der Waals surface area contributed by atoms with Crippen LogP contribution >= 0.6 is 0 Å². The number of aromatic carboxylic acids is 1. The van der Waals surface area contributed by atoms with Gasteiger partial charge in [0.15, 0.2) is 12.4 Å². The number of anilines is 1. The van der Waals surface area contributed by atoms with E-state index < -0.39 is 30.1 Å². The maximum Gasteiger partial charge on any atom is 0.341 e. The predicted octanol–water partition coefficient (Wildman–Crippen LogP) is 3.42. The van der Waals surface area contributed by atoms with Crippen LogP contribution in [0, 0.1) is 0 Å². The van der Waals surface area contributed by atoms with Gasteiger partial charge in [-0.2, -0.15) is 0 Å². The van der Waals surface area contributed by atoms with Crippen molar-refractivity contribution in [3.63, 3.8) is 0 Å². The largest absolute Gasteiger partial charge is 0.481 e. The molecule has 0 fully saturated rings. The molecule has 31 heavy (non-hydrogen) atoms. The average Bonchev–Trinajstić information content (AvgIpc) is 2.80. The summed E-state index contributed by atoms with van der Waals surface area (Å²) in [6.07, 6.45) is 0. The Labute approximate surface area is 178 Å². The second kappa shape index (κ2) is 8.65. The van der Waals surface area contributed by atoms with Crippen molar-refractivity contribution in [1.29, 1.82) is 0 Å². The van der Waals surface area contributed by atoms with Crippen LogP contribution in [0.4, 0.5) is 5.69 Å². The lowest BCUT2D eigenvalue weighted by molar-refractivity contribution is -0.139.